The average molecular weight is 323 g/mol. The van der Waals surface area contributed by atoms with Gasteiger partial charge in [-0.25, -0.2) is 0 Å². The van der Waals surface area contributed by atoms with Crippen LogP contribution in [0, 0.1) is 12.3 Å². The zero-order chi connectivity index (χ0) is 15.6. The number of halogens is 2. The Morgan fingerprint density at radius 1 is 1.33 bits per heavy atom. The molecule has 2 rings (SSSR count). The number of benzene rings is 1. The quantitative estimate of drug-likeness (QED) is 0.824. The minimum Gasteiger partial charge on any atom is -0.387 e. The van der Waals surface area contributed by atoms with Crippen LogP contribution in [0.5, 0.6) is 0 Å². The van der Waals surface area contributed by atoms with Crippen molar-refractivity contribution >= 4 is 40.9 Å². The highest BCUT2D eigenvalue weighted by Gasteiger charge is 2.25. The standard InChI is InChI=1S/C16H16Cl2N2O/c1-9-4-3-5-11(14(9)17)16(20-2)13-12(19)7-6-10(8-21)15(13)18/h3-5,8,19-20H,6-7H2,1-2H3/b16-13+,19-12?. The first-order valence-corrected chi connectivity index (χ1v) is 7.36. The van der Waals surface area contributed by atoms with Crippen LogP contribution in [0.25, 0.3) is 5.70 Å². The smallest absolute Gasteiger partial charge is 0.147 e. The summed E-state index contributed by atoms with van der Waals surface area (Å²) < 4.78 is 0. The molecule has 0 heterocycles. The van der Waals surface area contributed by atoms with E-state index in [1.807, 2.05) is 25.1 Å². The number of nitrogens with one attached hydrogen (secondary N) is 2. The maximum atomic E-state index is 11.1. The summed E-state index contributed by atoms with van der Waals surface area (Å²) in [6.07, 6.45) is 1.76. The number of aryl methyl sites for hydroxylation is 1. The van der Waals surface area contributed by atoms with Gasteiger partial charge in [-0.3, -0.25) is 4.79 Å². The van der Waals surface area contributed by atoms with E-state index >= 15 is 0 Å². The molecule has 0 atom stereocenters. The molecule has 0 aliphatic heterocycles. The number of hydrogen-bond donors (Lipinski definition) is 2. The molecule has 1 aliphatic carbocycles. The van der Waals surface area contributed by atoms with Crippen molar-refractivity contribution in [1.29, 1.82) is 5.41 Å². The number of rotatable bonds is 3. The third kappa shape index (κ3) is 2.89. The van der Waals surface area contributed by atoms with Gasteiger partial charge in [0.25, 0.3) is 0 Å². The summed E-state index contributed by atoms with van der Waals surface area (Å²) in [5.74, 6) is 0. The van der Waals surface area contributed by atoms with Crippen LogP contribution in [0.3, 0.4) is 0 Å². The van der Waals surface area contributed by atoms with Crippen LogP contribution >= 0.6 is 23.2 Å². The van der Waals surface area contributed by atoms with Gasteiger partial charge in [-0.1, -0.05) is 41.4 Å². The fourth-order valence-electron chi connectivity index (χ4n) is 2.39. The van der Waals surface area contributed by atoms with Crippen LogP contribution < -0.4 is 5.32 Å². The van der Waals surface area contributed by atoms with Gasteiger partial charge in [0.05, 0.1) is 15.8 Å². The molecule has 0 unspecified atom stereocenters. The van der Waals surface area contributed by atoms with Gasteiger partial charge >= 0.3 is 0 Å². The highest BCUT2D eigenvalue weighted by molar-refractivity contribution is 6.39. The minimum atomic E-state index is 0.336. The summed E-state index contributed by atoms with van der Waals surface area (Å²) in [4.78, 5) is 11.1. The summed E-state index contributed by atoms with van der Waals surface area (Å²) >= 11 is 12.7. The first kappa shape index (κ1) is 15.8. The summed E-state index contributed by atoms with van der Waals surface area (Å²) in [5, 5.41) is 12.2. The molecule has 1 aromatic carbocycles. The average Bonchev–Trinajstić information content (AvgIpc) is 2.47. The molecule has 3 nitrogen and oxygen atoms in total. The van der Waals surface area contributed by atoms with Gasteiger partial charge in [-0.15, -0.1) is 0 Å². The topological polar surface area (TPSA) is 53.0 Å². The molecule has 1 aromatic rings. The second-order valence-corrected chi connectivity index (χ2v) is 5.63. The second kappa shape index (κ2) is 6.46. The fraction of sp³-hybridized carbons (Fsp3) is 0.250. The third-order valence-corrected chi connectivity index (χ3v) is 4.48. The van der Waals surface area contributed by atoms with Gasteiger partial charge in [-0.05, 0) is 25.3 Å². The zero-order valence-electron chi connectivity index (χ0n) is 11.9. The zero-order valence-corrected chi connectivity index (χ0v) is 13.4. The molecule has 0 saturated carbocycles. The summed E-state index contributed by atoms with van der Waals surface area (Å²) in [6, 6.07) is 5.70. The maximum absolute atomic E-state index is 11.1. The summed E-state index contributed by atoms with van der Waals surface area (Å²) in [5.41, 5.74) is 3.90. The van der Waals surface area contributed by atoms with Crippen LogP contribution in [0.15, 0.2) is 34.4 Å². The van der Waals surface area contributed by atoms with Crippen molar-refractivity contribution in [3.63, 3.8) is 0 Å². The van der Waals surface area contributed by atoms with Gasteiger partial charge in [0.15, 0.2) is 0 Å². The Bertz CT molecular complexity index is 675. The van der Waals surface area contributed by atoms with Crippen molar-refractivity contribution in [2.24, 2.45) is 0 Å². The minimum absolute atomic E-state index is 0.336. The molecular formula is C16H16Cl2N2O. The Balaban J connectivity index is 2.75. The van der Waals surface area contributed by atoms with E-state index in [9.17, 15) is 4.79 Å². The number of hydrogen-bond acceptors (Lipinski definition) is 3. The molecule has 0 fully saturated rings. The van der Waals surface area contributed by atoms with E-state index in [0.717, 1.165) is 17.4 Å². The van der Waals surface area contributed by atoms with Crippen LogP contribution in [0.4, 0.5) is 0 Å². The SMILES string of the molecule is CN/C(=C1\C(=N)CCC(C=O)=C1Cl)c1cccc(C)c1Cl. The molecule has 1 aliphatic rings. The van der Waals surface area contributed by atoms with E-state index < -0.39 is 0 Å². The normalized spacial score (nSPS) is 17.8. The first-order chi connectivity index (χ1) is 10.0. The van der Waals surface area contributed by atoms with Crippen LogP contribution in [-0.4, -0.2) is 19.0 Å². The Labute approximate surface area is 134 Å². The molecule has 0 amide bonds. The monoisotopic (exact) mass is 322 g/mol. The molecule has 0 spiro atoms. The van der Waals surface area contributed by atoms with E-state index in [2.05, 4.69) is 5.32 Å². The second-order valence-electron chi connectivity index (χ2n) is 4.87. The van der Waals surface area contributed by atoms with Crippen LogP contribution in [-0.2, 0) is 4.79 Å². The van der Waals surface area contributed by atoms with Gasteiger partial charge in [0.1, 0.15) is 6.29 Å². The predicted octanol–water partition coefficient (Wildman–Crippen LogP) is 4.08. The van der Waals surface area contributed by atoms with E-state index in [1.54, 1.807) is 7.05 Å². The summed E-state index contributed by atoms with van der Waals surface area (Å²) in [6.45, 7) is 1.92. The lowest BCUT2D eigenvalue weighted by molar-refractivity contribution is -0.105. The highest BCUT2D eigenvalue weighted by Crippen LogP contribution is 2.36. The van der Waals surface area contributed by atoms with E-state index in [4.69, 9.17) is 28.6 Å². The molecule has 0 radical (unpaired) electrons. The number of allylic oxidation sites excluding steroid dienone is 3. The van der Waals surface area contributed by atoms with Crippen molar-refractivity contribution in [2.75, 3.05) is 7.05 Å². The van der Waals surface area contributed by atoms with E-state index in [0.29, 0.717) is 45.5 Å². The van der Waals surface area contributed by atoms with Gasteiger partial charge in [-0.2, -0.15) is 0 Å². The van der Waals surface area contributed by atoms with Gasteiger partial charge in [0.2, 0.25) is 0 Å². The molecule has 2 N–H and O–H groups in total. The molecule has 0 bridgehead atoms. The van der Waals surface area contributed by atoms with Gasteiger partial charge < -0.3 is 10.7 Å². The largest absolute Gasteiger partial charge is 0.387 e. The van der Waals surface area contributed by atoms with Crippen LogP contribution in [0.2, 0.25) is 5.02 Å². The number of carbonyl (C=O) groups excluding carboxylic acids is 1. The van der Waals surface area contributed by atoms with Crippen molar-refractivity contribution in [1.82, 2.24) is 5.32 Å². The Morgan fingerprint density at radius 2 is 2.05 bits per heavy atom. The molecule has 5 heteroatoms. The van der Waals surface area contributed by atoms with Crippen LogP contribution in [0.1, 0.15) is 24.0 Å². The van der Waals surface area contributed by atoms with Crippen molar-refractivity contribution < 1.29 is 4.79 Å². The summed E-state index contributed by atoms with van der Waals surface area (Å²) in [7, 11) is 1.76. The highest BCUT2D eigenvalue weighted by atomic mass is 35.5. The van der Waals surface area contributed by atoms with E-state index in [-0.39, 0.29) is 0 Å². The van der Waals surface area contributed by atoms with Crippen molar-refractivity contribution in [3.05, 3.63) is 50.5 Å². The maximum Gasteiger partial charge on any atom is 0.147 e. The lowest BCUT2D eigenvalue weighted by Gasteiger charge is -2.22. The predicted molar refractivity (Wildman–Crippen MR) is 88.1 cm³/mol. The molecular weight excluding hydrogens is 307 g/mol. The number of carbonyl (C=O) groups is 1. The van der Waals surface area contributed by atoms with Gasteiger partial charge in [0, 0.05) is 29.5 Å². The lowest BCUT2D eigenvalue weighted by atomic mass is 9.90. The number of aldehydes is 1. The fourth-order valence-corrected chi connectivity index (χ4v) is 2.96. The van der Waals surface area contributed by atoms with E-state index in [1.165, 1.54) is 0 Å². The van der Waals surface area contributed by atoms with Crippen molar-refractivity contribution in [2.45, 2.75) is 19.8 Å². The Hall–Kier alpha value is -1.58. The first-order valence-electron chi connectivity index (χ1n) is 6.60. The molecule has 0 saturated heterocycles. The lowest BCUT2D eigenvalue weighted by Crippen LogP contribution is -2.18. The molecule has 0 aromatic heterocycles. The molecule has 110 valence electrons. The Morgan fingerprint density at radius 3 is 2.67 bits per heavy atom. The Kier molecular flexibility index (Phi) is 4.86. The third-order valence-electron chi connectivity index (χ3n) is 3.55. The van der Waals surface area contributed by atoms with Crippen molar-refractivity contribution in [3.8, 4) is 0 Å². The molecule has 21 heavy (non-hydrogen) atoms.